The van der Waals surface area contributed by atoms with E-state index in [4.69, 9.17) is 0 Å². The first kappa shape index (κ1) is 19.5. The minimum Gasteiger partial charge on any atom is -0.363 e. The van der Waals surface area contributed by atoms with Crippen molar-refractivity contribution in [2.45, 2.75) is 44.7 Å². The van der Waals surface area contributed by atoms with Gasteiger partial charge in [0.1, 0.15) is 18.0 Å². The number of anilines is 3. The van der Waals surface area contributed by atoms with Crippen molar-refractivity contribution in [2.75, 3.05) is 42.3 Å². The molecular formula is C22H30N6O. The Morgan fingerprint density at radius 3 is 2.34 bits per heavy atom. The van der Waals surface area contributed by atoms with Gasteiger partial charge in [0.15, 0.2) is 0 Å². The van der Waals surface area contributed by atoms with Gasteiger partial charge in [-0.25, -0.2) is 14.8 Å². The van der Waals surface area contributed by atoms with E-state index in [2.05, 4.69) is 26.3 Å². The smallest absolute Gasteiger partial charge is 0.321 e. The maximum Gasteiger partial charge on any atom is 0.321 e. The third-order valence-electron chi connectivity index (χ3n) is 5.83. The molecule has 0 unspecified atom stereocenters. The molecule has 1 saturated carbocycles. The molecule has 2 aliphatic rings. The van der Waals surface area contributed by atoms with Gasteiger partial charge >= 0.3 is 6.03 Å². The molecule has 1 saturated heterocycles. The van der Waals surface area contributed by atoms with Crippen molar-refractivity contribution in [2.24, 2.45) is 0 Å². The average Bonchev–Trinajstić information content (AvgIpc) is 3.56. The normalized spacial score (nSPS) is 17.1. The summed E-state index contributed by atoms with van der Waals surface area (Å²) in [7, 11) is 4.00. The highest BCUT2D eigenvalue weighted by Crippen LogP contribution is 2.36. The number of hydrogen-bond donors (Lipinski definition) is 1. The first-order valence-electron chi connectivity index (χ1n) is 10.4. The Kier molecular flexibility index (Phi) is 5.56. The molecule has 2 aromatic rings. The molecule has 1 aliphatic heterocycles. The molecule has 154 valence electrons. The number of piperidine rings is 1. The Hall–Kier alpha value is -2.83. The van der Waals surface area contributed by atoms with Gasteiger partial charge in [-0.1, -0.05) is 18.2 Å². The summed E-state index contributed by atoms with van der Waals surface area (Å²) < 4.78 is 0. The average molecular weight is 395 g/mol. The van der Waals surface area contributed by atoms with Gasteiger partial charge in [0.05, 0.1) is 0 Å². The minimum atomic E-state index is -0.00680. The maximum absolute atomic E-state index is 12.7. The molecule has 2 amide bonds. The third kappa shape index (κ3) is 4.44. The summed E-state index contributed by atoms with van der Waals surface area (Å²) in [5.74, 6) is 1.93. The van der Waals surface area contributed by atoms with Crippen molar-refractivity contribution in [3.63, 3.8) is 0 Å². The maximum atomic E-state index is 12.7. The van der Waals surface area contributed by atoms with Gasteiger partial charge in [-0.3, -0.25) is 0 Å². The molecule has 0 radical (unpaired) electrons. The van der Waals surface area contributed by atoms with Crippen LogP contribution in [0, 0.1) is 6.92 Å². The van der Waals surface area contributed by atoms with E-state index < -0.39 is 0 Å². The molecule has 0 spiro atoms. The van der Waals surface area contributed by atoms with Crippen LogP contribution in [0.3, 0.4) is 0 Å². The number of carbonyl (C=O) groups excluding carboxylic acids is 1. The highest BCUT2D eigenvalue weighted by atomic mass is 16.2. The van der Waals surface area contributed by atoms with Crippen LogP contribution in [0.25, 0.3) is 0 Å². The number of amides is 2. The van der Waals surface area contributed by atoms with Crippen molar-refractivity contribution >= 4 is 23.4 Å². The SMILES string of the molecule is Cc1ccccc1NC(=O)N1CCC(N(c2cc(N(C)C)ncn2)C2CC2)CC1. The van der Waals surface area contributed by atoms with Crippen LogP contribution in [-0.4, -0.2) is 60.2 Å². The zero-order chi connectivity index (χ0) is 20.4. The number of aryl methyl sites for hydroxylation is 1. The van der Waals surface area contributed by atoms with E-state index in [1.54, 1.807) is 6.33 Å². The van der Waals surface area contributed by atoms with Crippen molar-refractivity contribution in [1.29, 1.82) is 0 Å². The van der Waals surface area contributed by atoms with Gasteiger partial charge in [-0.2, -0.15) is 0 Å². The second-order valence-corrected chi connectivity index (χ2v) is 8.23. The summed E-state index contributed by atoms with van der Waals surface area (Å²) >= 11 is 0. The van der Waals surface area contributed by atoms with Crippen molar-refractivity contribution < 1.29 is 4.79 Å². The van der Waals surface area contributed by atoms with E-state index in [9.17, 15) is 4.79 Å². The number of aromatic nitrogens is 2. The largest absolute Gasteiger partial charge is 0.363 e. The summed E-state index contributed by atoms with van der Waals surface area (Å²) in [5, 5.41) is 3.06. The number of likely N-dealkylation sites (tertiary alicyclic amines) is 1. The molecular weight excluding hydrogens is 364 g/mol. The van der Waals surface area contributed by atoms with Crippen molar-refractivity contribution in [3.8, 4) is 0 Å². The number of rotatable bonds is 5. The molecule has 1 aliphatic carbocycles. The topological polar surface area (TPSA) is 64.6 Å². The Labute approximate surface area is 172 Å². The molecule has 29 heavy (non-hydrogen) atoms. The fraction of sp³-hybridized carbons (Fsp3) is 0.500. The second kappa shape index (κ2) is 8.27. The predicted molar refractivity (Wildman–Crippen MR) is 117 cm³/mol. The summed E-state index contributed by atoms with van der Waals surface area (Å²) in [4.78, 5) is 28.1. The van der Waals surface area contributed by atoms with Crippen molar-refractivity contribution in [3.05, 3.63) is 42.2 Å². The molecule has 1 aromatic carbocycles. The highest BCUT2D eigenvalue weighted by Gasteiger charge is 2.37. The van der Waals surface area contributed by atoms with Gasteiger partial charge in [-0.05, 0) is 44.2 Å². The third-order valence-corrected chi connectivity index (χ3v) is 5.83. The van der Waals surface area contributed by atoms with E-state index in [1.807, 2.05) is 55.1 Å². The number of nitrogens with one attached hydrogen (secondary N) is 1. The van der Waals surface area contributed by atoms with Gasteiger partial charge in [0.25, 0.3) is 0 Å². The van der Waals surface area contributed by atoms with Crippen LogP contribution in [0.1, 0.15) is 31.2 Å². The Bertz CT molecular complexity index is 858. The fourth-order valence-corrected chi connectivity index (χ4v) is 4.00. The molecule has 4 rings (SSSR count). The van der Waals surface area contributed by atoms with Crippen molar-refractivity contribution in [1.82, 2.24) is 14.9 Å². The highest BCUT2D eigenvalue weighted by molar-refractivity contribution is 5.90. The van der Waals surface area contributed by atoms with Crippen LogP contribution < -0.4 is 15.1 Å². The van der Waals surface area contributed by atoms with Crippen LogP contribution in [-0.2, 0) is 0 Å². The van der Waals surface area contributed by atoms with E-state index in [-0.39, 0.29) is 6.03 Å². The van der Waals surface area contributed by atoms with Crippen LogP contribution in [0.15, 0.2) is 36.7 Å². The summed E-state index contributed by atoms with van der Waals surface area (Å²) in [6.45, 7) is 3.54. The number of para-hydroxylation sites is 1. The van der Waals surface area contributed by atoms with Crippen LogP contribution >= 0.6 is 0 Å². The van der Waals surface area contributed by atoms with E-state index in [1.165, 1.54) is 12.8 Å². The number of urea groups is 1. The zero-order valence-electron chi connectivity index (χ0n) is 17.5. The summed E-state index contributed by atoms with van der Waals surface area (Å²) in [5.41, 5.74) is 1.97. The quantitative estimate of drug-likeness (QED) is 0.841. The summed E-state index contributed by atoms with van der Waals surface area (Å²) in [6.07, 6.45) is 6.01. The first-order valence-corrected chi connectivity index (χ1v) is 10.4. The van der Waals surface area contributed by atoms with E-state index in [0.717, 1.165) is 48.8 Å². The molecule has 0 bridgehead atoms. The summed E-state index contributed by atoms with van der Waals surface area (Å²) in [6, 6.07) is 10.9. The standard InChI is InChI=1S/C22H30N6O/c1-16-6-4-5-7-19(16)25-22(29)27-12-10-18(11-13-27)28(17-8-9-17)21-14-20(26(2)3)23-15-24-21/h4-7,14-15,17-18H,8-13H2,1-3H3,(H,25,29). The lowest BCUT2D eigenvalue weighted by molar-refractivity contribution is 0.193. The molecule has 7 heteroatoms. The second-order valence-electron chi connectivity index (χ2n) is 8.23. The monoisotopic (exact) mass is 394 g/mol. The Morgan fingerprint density at radius 1 is 1.03 bits per heavy atom. The number of nitrogens with zero attached hydrogens (tertiary/aromatic N) is 5. The lowest BCUT2D eigenvalue weighted by Crippen LogP contribution is -2.49. The minimum absolute atomic E-state index is 0.00680. The lowest BCUT2D eigenvalue weighted by atomic mass is 10.0. The predicted octanol–water partition coefficient (Wildman–Crippen LogP) is 3.52. The number of benzene rings is 1. The zero-order valence-corrected chi connectivity index (χ0v) is 17.5. The van der Waals surface area contributed by atoms with Gasteiger partial charge in [-0.15, -0.1) is 0 Å². The van der Waals surface area contributed by atoms with Gasteiger partial charge in [0, 0.05) is 51.0 Å². The molecule has 2 fully saturated rings. The van der Waals surface area contributed by atoms with E-state index >= 15 is 0 Å². The molecule has 7 nitrogen and oxygen atoms in total. The molecule has 1 aromatic heterocycles. The van der Waals surface area contributed by atoms with Gasteiger partial charge < -0.3 is 20.0 Å². The van der Waals surface area contributed by atoms with Crippen LogP contribution in [0.2, 0.25) is 0 Å². The lowest BCUT2D eigenvalue weighted by Gasteiger charge is -2.39. The fourth-order valence-electron chi connectivity index (χ4n) is 4.00. The van der Waals surface area contributed by atoms with Crippen LogP contribution in [0.5, 0.6) is 0 Å². The molecule has 2 heterocycles. The molecule has 0 atom stereocenters. The Morgan fingerprint density at radius 2 is 1.69 bits per heavy atom. The molecule has 1 N–H and O–H groups in total. The van der Waals surface area contributed by atoms with Gasteiger partial charge in [0.2, 0.25) is 0 Å². The van der Waals surface area contributed by atoms with E-state index in [0.29, 0.717) is 12.1 Å². The van der Waals surface area contributed by atoms with Crippen LogP contribution in [0.4, 0.5) is 22.1 Å². The Balaban J connectivity index is 1.40. The number of hydrogen-bond acceptors (Lipinski definition) is 5. The number of carbonyl (C=O) groups is 1. The first-order chi connectivity index (χ1) is 14.0.